The van der Waals surface area contributed by atoms with E-state index >= 15 is 0 Å². The molecule has 0 fully saturated rings. The van der Waals surface area contributed by atoms with E-state index < -0.39 is 5.83 Å². The van der Waals surface area contributed by atoms with Crippen LogP contribution >= 0.6 is 0 Å². The number of ether oxygens (including phenoxy) is 1. The second-order valence-corrected chi connectivity index (χ2v) is 5.36. The van der Waals surface area contributed by atoms with Crippen molar-refractivity contribution in [1.82, 2.24) is 0 Å². The topological polar surface area (TPSA) is 26.3 Å². The van der Waals surface area contributed by atoms with Crippen LogP contribution in [0, 0.1) is 0 Å². The Hall–Kier alpha value is -2.26. The van der Waals surface area contributed by atoms with E-state index in [2.05, 4.69) is 32.9 Å². The number of carbonyl (C=O) groups is 1. The van der Waals surface area contributed by atoms with Crippen LogP contribution in [0.1, 0.15) is 40.5 Å². The molecule has 0 radical (unpaired) electrons. The Morgan fingerprint density at radius 3 is 1.88 bits per heavy atom. The maximum atomic E-state index is 14.0. The summed E-state index contributed by atoms with van der Waals surface area (Å²) in [6, 6.07) is 0. The van der Waals surface area contributed by atoms with Crippen LogP contribution in [0.5, 0.6) is 0 Å². The predicted octanol–water partition coefficient (Wildman–Crippen LogP) is 6.85. The van der Waals surface area contributed by atoms with Gasteiger partial charge in [-0.1, -0.05) is 56.5 Å². The van der Waals surface area contributed by atoms with Crippen molar-refractivity contribution in [2.24, 2.45) is 0 Å². The summed E-state index contributed by atoms with van der Waals surface area (Å²) < 4.78 is 19.0. The molecule has 0 heterocycles. The second kappa shape index (κ2) is 19.1. The second-order valence-electron chi connectivity index (χ2n) is 5.36. The fourth-order valence-electron chi connectivity index (χ4n) is 1.51. The lowest BCUT2D eigenvalue weighted by atomic mass is 9.94. The van der Waals surface area contributed by atoms with E-state index in [1.165, 1.54) is 13.0 Å². The molecular weight excluding hydrogens is 327 g/mol. The molecule has 0 atom stereocenters. The van der Waals surface area contributed by atoms with Crippen molar-refractivity contribution in [2.75, 3.05) is 13.7 Å². The zero-order valence-corrected chi connectivity index (χ0v) is 17.2. The van der Waals surface area contributed by atoms with Gasteiger partial charge in [0.05, 0.1) is 6.61 Å². The van der Waals surface area contributed by atoms with Crippen LogP contribution in [-0.4, -0.2) is 20.0 Å². The first kappa shape index (κ1) is 28.5. The fraction of sp³-hybridized carbons (Fsp3) is 0.348. The summed E-state index contributed by atoms with van der Waals surface area (Å²) in [6.07, 6.45) is 7.27. The summed E-state index contributed by atoms with van der Waals surface area (Å²) in [4.78, 5) is 8.81. The molecule has 146 valence electrons. The molecule has 0 amide bonds. The van der Waals surface area contributed by atoms with Crippen LogP contribution in [0.25, 0.3) is 0 Å². The number of allylic oxidation sites excluding steroid dienone is 8. The summed E-state index contributed by atoms with van der Waals surface area (Å²) in [5.74, 6) is -0.409. The van der Waals surface area contributed by atoms with Gasteiger partial charge < -0.3 is 9.53 Å². The molecule has 0 aromatic heterocycles. The van der Waals surface area contributed by atoms with Gasteiger partial charge in [-0.25, -0.2) is 4.39 Å². The number of hydrogen-bond donors (Lipinski definition) is 0. The normalized spacial score (nSPS) is 10.4. The molecule has 0 saturated heterocycles. The SMILES string of the molecule is C=C(C)/C=C(/F)C(=C)C(=C)/C(=C\C(=C)CC)CCOC.C=CC.CC=O. The number of halogens is 1. The van der Waals surface area contributed by atoms with E-state index in [1.54, 1.807) is 20.1 Å². The Bertz CT molecular complexity index is 543. The molecular formula is C23H35FO2. The van der Waals surface area contributed by atoms with Crippen molar-refractivity contribution in [3.05, 3.63) is 84.8 Å². The monoisotopic (exact) mass is 362 g/mol. The van der Waals surface area contributed by atoms with Crippen molar-refractivity contribution in [3.8, 4) is 0 Å². The highest BCUT2D eigenvalue weighted by Gasteiger charge is 2.11. The number of carbonyl (C=O) groups excluding carboxylic acids is 1. The van der Waals surface area contributed by atoms with Crippen molar-refractivity contribution in [2.45, 2.75) is 40.5 Å². The molecule has 0 saturated carbocycles. The molecule has 0 aromatic rings. The average Bonchev–Trinajstić information content (AvgIpc) is 2.57. The zero-order chi connectivity index (χ0) is 21.1. The number of hydrogen-bond acceptors (Lipinski definition) is 2. The highest BCUT2D eigenvalue weighted by atomic mass is 19.1. The number of aldehydes is 1. The molecule has 0 aliphatic carbocycles. The van der Waals surface area contributed by atoms with Crippen LogP contribution in [-0.2, 0) is 9.53 Å². The van der Waals surface area contributed by atoms with Crippen LogP contribution in [0.4, 0.5) is 4.39 Å². The Balaban J connectivity index is -0.000000768. The first-order valence-electron chi connectivity index (χ1n) is 8.42. The Kier molecular flexibility index (Phi) is 20.9. The van der Waals surface area contributed by atoms with Gasteiger partial charge in [0.2, 0.25) is 0 Å². The largest absolute Gasteiger partial charge is 0.384 e. The van der Waals surface area contributed by atoms with E-state index in [-0.39, 0.29) is 5.57 Å². The van der Waals surface area contributed by atoms with Crippen molar-refractivity contribution in [3.63, 3.8) is 0 Å². The van der Waals surface area contributed by atoms with E-state index in [9.17, 15) is 4.39 Å². The summed E-state index contributed by atoms with van der Waals surface area (Å²) >= 11 is 0. The minimum atomic E-state index is -0.409. The number of methoxy groups -OCH3 is 1. The summed E-state index contributed by atoms with van der Waals surface area (Å²) in [7, 11) is 1.63. The lowest BCUT2D eigenvalue weighted by Gasteiger charge is -2.13. The van der Waals surface area contributed by atoms with Gasteiger partial charge in [-0.15, -0.1) is 6.58 Å². The van der Waals surface area contributed by atoms with Crippen molar-refractivity contribution in [1.29, 1.82) is 0 Å². The van der Waals surface area contributed by atoms with Gasteiger partial charge in [-0.2, -0.15) is 0 Å². The van der Waals surface area contributed by atoms with Gasteiger partial charge in [0.1, 0.15) is 12.1 Å². The highest BCUT2D eigenvalue weighted by Crippen LogP contribution is 2.27. The lowest BCUT2D eigenvalue weighted by Crippen LogP contribution is -1.99. The molecule has 0 rings (SSSR count). The summed E-state index contributed by atoms with van der Waals surface area (Å²) in [5, 5.41) is 0. The Morgan fingerprint density at radius 1 is 1.08 bits per heavy atom. The average molecular weight is 363 g/mol. The third-order valence-electron chi connectivity index (χ3n) is 2.82. The summed E-state index contributed by atoms with van der Waals surface area (Å²) in [5.41, 5.74) is 3.35. The molecule has 0 aliphatic rings. The van der Waals surface area contributed by atoms with E-state index in [1.807, 2.05) is 19.9 Å². The van der Waals surface area contributed by atoms with Gasteiger partial charge >= 0.3 is 0 Å². The molecule has 0 aliphatic heterocycles. The minimum absolute atomic E-state index is 0.277. The van der Waals surface area contributed by atoms with Crippen LogP contribution in [0.3, 0.4) is 0 Å². The first-order chi connectivity index (χ1) is 12.2. The molecule has 0 unspecified atom stereocenters. The maximum Gasteiger partial charge on any atom is 0.130 e. The third-order valence-corrected chi connectivity index (χ3v) is 2.82. The molecule has 2 nitrogen and oxygen atoms in total. The van der Waals surface area contributed by atoms with Gasteiger partial charge in [0, 0.05) is 12.7 Å². The van der Waals surface area contributed by atoms with Crippen LogP contribution in [0.2, 0.25) is 0 Å². The molecule has 0 bridgehead atoms. The van der Waals surface area contributed by atoms with Gasteiger partial charge in [-0.3, -0.25) is 0 Å². The van der Waals surface area contributed by atoms with E-state index in [0.29, 0.717) is 24.2 Å². The zero-order valence-electron chi connectivity index (χ0n) is 17.2. The minimum Gasteiger partial charge on any atom is -0.384 e. The van der Waals surface area contributed by atoms with E-state index in [4.69, 9.17) is 9.53 Å². The lowest BCUT2D eigenvalue weighted by molar-refractivity contribution is -0.106. The fourth-order valence-corrected chi connectivity index (χ4v) is 1.51. The van der Waals surface area contributed by atoms with Gasteiger partial charge in [0.15, 0.2) is 0 Å². The maximum absolute atomic E-state index is 14.0. The van der Waals surface area contributed by atoms with Gasteiger partial charge in [0.25, 0.3) is 0 Å². The standard InChI is InChI=1S/C18H25FO.C3H6.C2H4O/c1-8-14(4)12-17(9-10-20-7)15(5)16(6)18(19)11-13(2)3;1-3-2;1-2-3/h11-12H,2,4-6,8-10H2,1,3,7H3;3H,1H2,2H3;2H,1H3/b17-12-,18-11+;;. The molecule has 26 heavy (non-hydrogen) atoms. The quantitative estimate of drug-likeness (QED) is 0.254. The molecule has 0 N–H and O–H groups in total. The van der Waals surface area contributed by atoms with Crippen molar-refractivity contribution >= 4 is 6.29 Å². The number of rotatable bonds is 9. The summed E-state index contributed by atoms with van der Waals surface area (Å²) in [6.45, 7) is 26.3. The van der Waals surface area contributed by atoms with Crippen molar-refractivity contribution < 1.29 is 13.9 Å². The smallest absolute Gasteiger partial charge is 0.130 e. The third kappa shape index (κ3) is 16.6. The molecule has 3 heteroatoms. The molecule has 0 aromatic carbocycles. The highest BCUT2D eigenvalue weighted by molar-refractivity contribution is 5.53. The van der Waals surface area contributed by atoms with Gasteiger partial charge in [-0.05, 0) is 50.8 Å². The molecule has 0 spiro atoms. The Morgan fingerprint density at radius 2 is 1.54 bits per heavy atom. The predicted molar refractivity (Wildman–Crippen MR) is 114 cm³/mol. The Labute approximate surface area is 159 Å². The van der Waals surface area contributed by atoms with Crippen LogP contribution < -0.4 is 0 Å². The first-order valence-corrected chi connectivity index (χ1v) is 8.42. The van der Waals surface area contributed by atoms with E-state index in [0.717, 1.165) is 23.9 Å². The van der Waals surface area contributed by atoms with Crippen LogP contribution in [0.15, 0.2) is 84.8 Å².